The van der Waals surface area contributed by atoms with Gasteiger partial charge < -0.3 is 15.0 Å². The van der Waals surface area contributed by atoms with Gasteiger partial charge in [0.25, 0.3) is 0 Å². The number of amides is 2. The van der Waals surface area contributed by atoms with Crippen LogP contribution in [-0.2, 0) is 16.0 Å². The van der Waals surface area contributed by atoms with E-state index in [-0.39, 0.29) is 11.9 Å². The molecule has 0 bridgehead atoms. The highest BCUT2D eigenvalue weighted by atomic mass is 16.5. The van der Waals surface area contributed by atoms with E-state index in [0.717, 1.165) is 30.5 Å². The van der Waals surface area contributed by atoms with Gasteiger partial charge in [-0.25, -0.2) is 4.79 Å². The molecule has 0 unspecified atom stereocenters. The highest BCUT2D eigenvalue weighted by Gasteiger charge is 2.25. The lowest BCUT2D eigenvalue weighted by Crippen LogP contribution is -2.50. The molecule has 1 aliphatic heterocycles. The second-order valence-corrected chi connectivity index (χ2v) is 5.65. The molecule has 5 heteroatoms. The Morgan fingerprint density at radius 3 is 2.86 bits per heavy atom. The van der Waals surface area contributed by atoms with E-state index >= 15 is 0 Å². The molecule has 22 heavy (non-hydrogen) atoms. The van der Waals surface area contributed by atoms with Gasteiger partial charge in [-0.05, 0) is 37.8 Å². The number of aryl methyl sites for hydroxylation is 1. The minimum absolute atomic E-state index is 0.0198. The van der Waals surface area contributed by atoms with Crippen LogP contribution in [0.3, 0.4) is 0 Å². The SMILES string of the molecule is CCOC(=O)N[C@H]1CCCN(C(=O)Cc2ccccc2C)C1. The summed E-state index contributed by atoms with van der Waals surface area (Å²) in [6.07, 6.45) is 1.79. The molecule has 2 amide bonds. The highest BCUT2D eigenvalue weighted by molar-refractivity contribution is 5.79. The Kier molecular flexibility index (Phi) is 5.81. The number of alkyl carbamates (subject to hydrolysis) is 1. The molecule has 1 aromatic rings. The van der Waals surface area contributed by atoms with Crippen molar-refractivity contribution in [1.82, 2.24) is 10.2 Å². The summed E-state index contributed by atoms with van der Waals surface area (Å²) in [5.41, 5.74) is 2.20. The van der Waals surface area contributed by atoms with E-state index in [0.29, 0.717) is 19.6 Å². The first kappa shape index (κ1) is 16.3. The van der Waals surface area contributed by atoms with Crippen molar-refractivity contribution in [2.45, 2.75) is 39.2 Å². The lowest BCUT2D eigenvalue weighted by molar-refractivity contribution is -0.131. The third-order valence-electron chi connectivity index (χ3n) is 3.97. The largest absolute Gasteiger partial charge is 0.450 e. The van der Waals surface area contributed by atoms with Gasteiger partial charge in [0.1, 0.15) is 0 Å². The fourth-order valence-electron chi connectivity index (χ4n) is 2.74. The first-order chi connectivity index (χ1) is 10.6. The van der Waals surface area contributed by atoms with Crippen LogP contribution in [0.4, 0.5) is 4.79 Å². The maximum atomic E-state index is 12.5. The Morgan fingerprint density at radius 2 is 2.14 bits per heavy atom. The van der Waals surface area contributed by atoms with Gasteiger partial charge in [-0.15, -0.1) is 0 Å². The van der Waals surface area contributed by atoms with Crippen molar-refractivity contribution in [3.05, 3.63) is 35.4 Å². The molecule has 120 valence electrons. The summed E-state index contributed by atoms with van der Waals surface area (Å²) in [7, 11) is 0. The number of benzene rings is 1. The topological polar surface area (TPSA) is 58.6 Å². The van der Waals surface area contributed by atoms with Crippen molar-refractivity contribution in [2.75, 3.05) is 19.7 Å². The lowest BCUT2D eigenvalue weighted by atomic mass is 10.0. The van der Waals surface area contributed by atoms with Crippen LogP contribution >= 0.6 is 0 Å². The molecule has 0 radical (unpaired) electrons. The molecule has 1 heterocycles. The van der Waals surface area contributed by atoms with E-state index in [1.807, 2.05) is 36.1 Å². The number of carbonyl (C=O) groups excluding carboxylic acids is 2. The summed E-state index contributed by atoms with van der Waals surface area (Å²) in [5, 5.41) is 2.82. The van der Waals surface area contributed by atoms with E-state index in [2.05, 4.69) is 5.32 Å². The van der Waals surface area contributed by atoms with Gasteiger partial charge in [0.15, 0.2) is 0 Å². The molecule has 0 spiro atoms. The third-order valence-corrected chi connectivity index (χ3v) is 3.97. The predicted octanol–water partition coefficient (Wildman–Crippen LogP) is 2.27. The Hall–Kier alpha value is -2.04. The van der Waals surface area contributed by atoms with E-state index in [4.69, 9.17) is 4.74 Å². The Labute approximate surface area is 131 Å². The standard InChI is InChI=1S/C17H24N2O3/c1-3-22-17(21)18-15-9-6-10-19(12-15)16(20)11-14-8-5-4-7-13(14)2/h4-5,7-8,15H,3,6,9-12H2,1-2H3,(H,18,21)/t15-/m0/s1. The Bertz CT molecular complexity index is 530. The summed E-state index contributed by atoms with van der Waals surface area (Å²) < 4.78 is 4.90. The van der Waals surface area contributed by atoms with Crippen LogP contribution in [0.25, 0.3) is 0 Å². The van der Waals surface area contributed by atoms with Gasteiger partial charge in [0, 0.05) is 19.1 Å². The van der Waals surface area contributed by atoms with Crippen LogP contribution < -0.4 is 5.32 Å². The molecule has 1 N–H and O–H groups in total. The van der Waals surface area contributed by atoms with Gasteiger partial charge >= 0.3 is 6.09 Å². The fraction of sp³-hybridized carbons (Fsp3) is 0.529. The number of hydrogen-bond acceptors (Lipinski definition) is 3. The first-order valence-corrected chi connectivity index (χ1v) is 7.85. The van der Waals surface area contributed by atoms with Crippen molar-refractivity contribution in [2.24, 2.45) is 0 Å². The quantitative estimate of drug-likeness (QED) is 0.928. The minimum Gasteiger partial charge on any atom is -0.450 e. The average Bonchev–Trinajstić information content (AvgIpc) is 2.50. The molecule has 0 aliphatic carbocycles. The highest BCUT2D eigenvalue weighted by Crippen LogP contribution is 2.14. The normalized spacial score (nSPS) is 17.9. The Morgan fingerprint density at radius 1 is 1.36 bits per heavy atom. The summed E-state index contributed by atoms with van der Waals surface area (Å²) in [6, 6.07) is 7.92. The zero-order chi connectivity index (χ0) is 15.9. The number of nitrogens with one attached hydrogen (secondary N) is 1. The van der Waals surface area contributed by atoms with Gasteiger partial charge in [0.2, 0.25) is 5.91 Å². The van der Waals surface area contributed by atoms with Crippen molar-refractivity contribution in [3.63, 3.8) is 0 Å². The van der Waals surface area contributed by atoms with Crippen molar-refractivity contribution >= 4 is 12.0 Å². The number of carbonyl (C=O) groups is 2. The maximum Gasteiger partial charge on any atom is 0.407 e. The summed E-state index contributed by atoms with van der Waals surface area (Å²) >= 11 is 0. The van der Waals surface area contributed by atoms with Crippen LogP contribution in [0.1, 0.15) is 30.9 Å². The smallest absolute Gasteiger partial charge is 0.407 e. The monoisotopic (exact) mass is 304 g/mol. The molecule has 1 aliphatic rings. The molecule has 1 atom stereocenters. The van der Waals surface area contributed by atoms with Gasteiger partial charge in [-0.2, -0.15) is 0 Å². The maximum absolute atomic E-state index is 12.5. The average molecular weight is 304 g/mol. The molecular weight excluding hydrogens is 280 g/mol. The number of likely N-dealkylation sites (tertiary alicyclic amines) is 1. The molecule has 1 aromatic carbocycles. The van der Waals surface area contributed by atoms with E-state index in [1.165, 1.54) is 0 Å². The zero-order valence-electron chi connectivity index (χ0n) is 13.3. The second kappa shape index (κ2) is 7.82. The van der Waals surface area contributed by atoms with Crippen molar-refractivity contribution < 1.29 is 14.3 Å². The molecule has 1 saturated heterocycles. The van der Waals surface area contributed by atoms with Crippen LogP contribution in [-0.4, -0.2) is 42.6 Å². The summed E-state index contributed by atoms with van der Waals surface area (Å²) in [5.74, 6) is 0.115. The van der Waals surface area contributed by atoms with Crippen molar-refractivity contribution in [3.8, 4) is 0 Å². The lowest BCUT2D eigenvalue weighted by Gasteiger charge is -2.33. The number of nitrogens with zero attached hydrogens (tertiary/aromatic N) is 1. The molecule has 0 aromatic heterocycles. The summed E-state index contributed by atoms with van der Waals surface area (Å²) in [6.45, 7) is 5.46. The number of hydrogen-bond donors (Lipinski definition) is 1. The number of ether oxygens (including phenoxy) is 1. The van der Waals surface area contributed by atoms with E-state index < -0.39 is 6.09 Å². The van der Waals surface area contributed by atoms with E-state index in [9.17, 15) is 9.59 Å². The Balaban J connectivity index is 1.90. The predicted molar refractivity (Wildman–Crippen MR) is 84.6 cm³/mol. The molecular formula is C17H24N2O3. The molecule has 0 saturated carbocycles. The third kappa shape index (κ3) is 4.48. The second-order valence-electron chi connectivity index (χ2n) is 5.65. The number of rotatable bonds is 4. The van der Waals surface area contributed by atoms with Crippen LogP contribution in [0.5, 0.6) is 0 Å². The minimum atomic E-state index is -0.402. The van der Waals surface area contributed by atoms with Crippen LogP contribution in [0.2, 0.25) is 0 Å². The van der Waals surface area contributed by atoms with Gasteiger partial charge in [-0.3, -0.25) is 4.79 Å². The van der Waals surface area contributed by atoms with Gasteiger partial charge in [-0.1, -0.05) is 24.3 Å². The summed E-state index contributed by atoms with van der Waals surface area (Å²) in [4.78, 5) is 25.8. The zero-order valence-corrected chi connectivity index (χ0v) is 13.3. The molecule has 1 fully saturated rings. The van der Waals surface area contributed by atoms with E-state index in [1.54, 1.807) is 6.92 Å². The van der Waals surface area contributed by atoms with Gasteiger partial charge in [0.05, 0.1) is 13.0 Å². The van der Waals surface area contributed by atoms with Crippen LogP contribution in [0.15, 0.2) is 24.3 Å². The first-order valence-electron chi connectivity index (χ1n) is 7.85. The van der Waals surface area contributed by atoms with Crippen molar-refractivity contribution in [1.29, 1.82) is 0 Å². The molecule has 5 nitrogen and oxygen atoms in total. The fourth-order valence-corrected chi connectivity index (χ4v) is 2.74. The molecule has 2 rings (SSSR count). The number of piperidine rings is 1. The van der Waals surface area contributed by atoms with Crippen LogP contribution in [0, 0.1) is 6.92 Å².